The molecule has 114 valence electrons. The Morgan fingerprint density at radius 3 is 2.80 bits per heavy atom. The number of carbonyl (C=O) groups excluding carboxylic acids is 1. The van der Waals surface area contributed by atoms with Crippen LogP contribution in [0.1, 0.15) is 46.0 Å². The molecule has 2 aliphatic rings. The van der Waals surface area contributed by atoms with Crippen molar-refractivity contribution in [2.45, 2.75) is 64.4 Å². The number of ether oxygens (including phenoxy) is 2. The summed E-state index contributed by atoms with van der Waals surface area (Å²) in [4.78, 5) is 24.1. The summed E-state index contributed by atoms with van der Waals surface area (Å²) in [6, 6.07) is -0.398. The van der Waals surface area contributed by atoms with Crippen molar-refractivity contribution in [3.8, 4) is 0 Å². The lowest BCUT2D eigenvalue weighted by atomic mass is 10.00. The van der Waals surface area contributed by atoms with E-state index in [1.54, 1.807) is 0 Å². The van der Waals surface area contributed by atoms with Gasteiger partial charge in [0.25, 0.3) is 0 Å². The monoisotopic (exact) mass is 285 g/mol. The van der Waals surface area contributed by atoms with Gasteiger partial charge in [0.1, 0.15) is 0 Å². The van der Waals surface area contributed by atoms with Crippen molar-refractivity contribution in [1.82, 2.24) is 4.90 Å². The van der Waals surface area contributed by atoms with Crippen molar-refractivity contribution in [3.63, 3.8) is 0 Å². The average Bonchev–Trinajstić information content (AvgIpc) is 2.66. The van der Waals surface area contributed by atoms with Gasteiger partial charge in [-0.25, -0.2) is 9.69 Å². The molecule has 0 aromatic rings. The largest absolute Gasteiger partial charge is 0.465 e. The van der Waals surface area contributed by atoms with Crippen LogP contribution in [0.4, 0.5) is 4.79 Å². The van der Waals surface area contributed by atoms with Crippen LogP contribution in [-0.4, -0.2) is 47.0 Å². The van der Waals surface area contributed by atoms with Crippen molar-refractivity contribution < 1.29 is 24.2 Å². The van der Waals surface area contributed by atoms with Gasteiger partial charge in [-0.1, -0.05) is 13.8 Å². The molecule has 2 saturated heterocycles. The van der Waals surface area contributed by atoms with Crippen molar-refractivity contribution in [2.24, 2.45) is 5.92 Å². The quantitative estimate of drug-likeness (QED) is 0.857. The topological polar surface area (TPSA) is 76.1 Å². The van der Waals surface area contributed by atoms with Gasteiger partial charge in [0.2, 0.25) is 5.91 Å². The maximum Gasteiger partial charge on any atom is 0.414 e. The van der Waals surface area contributed by atoms with Gasteiger partial charge >= 0.3 is 6.09 Å². The third-order valence-electron chi connectivity index (χ3n) is 3.79. The molecule has 2 aliphatic heterocycles. The molecule has 0 aliphatic carbocycles. The number of amides is 2. The van der Waals surface area contributed by atoms with E-state index in [0.717, 1.165) is 24.2 Å². The van der Waals surface area contributed by atoms with Crippen LogP contribution in [0.15, 0.2) is 0 Å². The molecule has 0 aromatic carbocycles. The molecule has 2 rings (SSSR count). The summed E-state index contributed by atoms with van der Waals surface area (Å²) >= 11 is 0. The molecule has 20 heavy (non-hydrogen) atoms. The summed E-state index contributed by atoms with van der Waals surface area (Å²) in [5, 5.41) is 9.21. The average molecular weight is 285 g/mol. The Labute approximate surface area is 119 Å². The molecule has 2 heterocycles. The summed E-state index contributed by atoms with van der Waals surface area (Å²) in [6.07, 6.45) is 1.76. The van der Waals surface area contributed by atoms with E-state index in [0.29, 0.717) is 18.9 Å². The van der Waals surface area contributed by atoms with Crippen LogP contribution in [0.3, 0.4) is 0 Å². The van der Waals surface area contributed by atoms with Gasteiger partial charge in [-0.15, -0.1) is 0 Å². The fourth-order valence-corrected chi connectivity index (χ4v) is 2.90. The first-order valence-electron chi connectivity index (χ1n) is 7.31. The molecule has 2 fully saturated rings. The number of hydrogen-bond donors (Lipinski definition) is 1. The van der Waals surface area contributed by atoms with Crippen molar-refractivity contribution in [3.05, 3.63) is 0 Å². The van der Waals surface area contributed by atoms with Crippen molar-refractivity contribution in [1.29, 1.82) is 0 Å². The Morgan fingerprint density at radius 1 is 1.50 bits per heavy atom. The first-order valence-corrected chi connectivity index (χ1v) is 7.31. The van der Waals surface area contributed by atoms with Crippen LogP contribution in [0.5, 0.6) is 0 Å². The van der Waals surface area contributed by atoms with Crippen LogP contribution in [0.2, 0.25) is 0 Å². The van der Waals surface area contributed by atoms with Gasteiger partial charge in [0, 0.05) is 6.61 Å². The summed E-state index contributed by atoms with van der Waals surface area (Å²) in [6.45, 7) is 4.69. The van der Waals surface area contributed by atoms with E-state index in [-0.39, 0.29) is 24.7 Å². The van der Waals surface area contributed by atoms with E-state index in [1.165, 1.54) is 0 Å². The number of likely N-dealkylation sites (tertiary alicyclic amines) is 1. The Hall–Kier alpha value is -1.14. The summed E-state index contributed by atoms with van der Waals surface area (Å²) in [5.74, 6) is -0.0740. The molecular weight excluding hydrogens is 262 g/mol. The number of carboxylic acid groups (broad SMARTS) is 1. The van der Waals surface area contributed by atoms with Crippen LogP contribution < -0.4 is 0 Å². The SMILES string of the molecule is CC(C)C[C@H]1C(OC2CCCCO2)CC(=O)N1C(=O)O. The third-order valence-corrected chi connectivity index (χ3v) is 3.79. The molecule has 6 nitrogen and oxygen atoms in total. The van der Waals surface area contributed by atoms with Crippen molar-refractivity contribution in [2.75, 3.05) is 6.61 Å². The fourth-order valence-electron chi connectivity index (χ4n) is 2.90. The predicted molar refractivity (Wildman–Crippen MR) is 71.2 cm³/mol. The normalized spacial score (nSPS) is 31.1. The molecule has 6 heteroatoms. The Morgan fingerprint density at radius 2 is 2.25 bits per heavy atom. The molecule has 0 bridgehead atoms. The molecule has 0 spiro atoms. The molecule has 0 saturated carbocycles. The van der Waals surface area contributed by atoms with E-state index in [9.17, 15) is 14.7 Å². The second kappa shape index (κ2) is 6.54. The van der Waals surface area contributed by atoms with Gasteiger partial charge in [-0.2, -0.15) is 0 Å². The molecule has 0 aromatic heterocycles. The fraction of sp³-hybridized carbons (Fsp3) is 0.857. The molecule has 2 unspecified atom stereocenters. The summed E-state index contributed by atoms with van der Waals surface area (Å²) in [7, 11) is 0. The van der Waals surface area contributed by atoms with E-state index in [1.807, 2.05) is 13.8 Å². The summed E-state index contributed by atoms with van der Waals surface area (Å²) in [5.41, 5.74) is 0. The standard InChI is InChI=1S/C14H23NO5/c1-9(2)7-10-11(8-12(16)15(10)14(17)18)20-13-5-3-4-6-19-13/h9-11,13H,3-8H2,1-2H3,(H,17,18)/t10-,11?,13?/m0/s1. The van der Waals surface area contributed by atoms with Crippen LogP contribution >= 0.6 is 0 Å². The Balaban J connectivity index is 2.05. The third kappa shape index (κ3) is 3.49. The minimum absolute atomic E-state index is 0.129. The highest BCUT2D eigenvalue weighted by Crippen LogP contribution is 2.30. The molecule has 0 radical (unpaired) electrons. The molecule has 2 amide bonds. The highest BCUT2D eigenvalue weighted by molar-refractivity contribution is 5.93. The van der Waals surface area contributed by atoms with Crippen LogP contribution in [0.25, 0.3) is 0 Å². The molecular formula is C14H23NO5. The highest BCUT2D eigenvalue weighted by atomic mass is 16.7. The van der Waals surface area contributed by atoms with Crippen LogP contribution in [-0.2, 0) is 14.3 Å². The number of carbonyl (C=O) groups is 2. The van der Waals surface area contributed by atoms with Crippen molar-refractivity contribution >= 4 is 12.0 Å². The maximum absolute atomic E-state index is 11.9. The number of imide groups is 1. The first kappa shape index (κ1) is 15.3. The summed E-state index contributed by atoms with van der Waals surface area (Å²) < 4.78 is 11.4. The number of rotatable bonds is 4. The molecule has 1 N–H and O–H groups in total. The van der Waals surface area contributed by atoms with E-state index in [4.69, 9.17) is 9.47 Å². The number of nitrogens with zero attached hydrogens (tertiary/aromatic N) is 1. The van der Waals surface area contributed by atoms with Gasteiger partial charge < -0.3 is 14.6 Å². The van der Waals surface area contributed by atoms with Gasteiger partial charge in [-0.05, 0) is 31.6 Å². The zero-order valence-electron chi connectivity index (χ0n) is 12.1. The van der Waals surface area contributed by atoms with Gasteiger partial charge in [-0.3, -0.25) is 4.79 Å². The van der Waals surface area contributed by atoms with E-state index in [2.05, 4.69) is 0 Å². The maximum atomic E-state index is 11.9. The predicted octanol–water partition coefficient (Wildman–Crippen LogP) is 2.22. The zero-order chi connectivity index (χ0) is 14.7. The Bertz CT molecular complexity index is 365. The second-order valence-corrected chi connectivity index (χ2v) is 5.92. The highest BCUT2D eigenvalue weighted by Gasteiger charge is 2.45. The zero-order valence-corrected chi connectivity index (χ0v) is 12.1. The molecule has 3 atom stereocenters. The minimum atomic E-state index is -1.18. The van der Waals surface area contributed by atoms with Crippen LogP contribution in [0, 0.1) is 5.92 Å². The lowest BCUT2D eigenvalue weighted by Crippen LogP contribution is -2.43. The smallest absolute Gasteiger partial charge is 0.414 e. The second-order valence-electron chi connectivity index (χ2n) is 5.92. The minimum Gasteiger partial charge on any atom is -0.465 e. The lowest BCUT2D eigenvalue weighted by molar-refractivity contribution is -0.192. The Kier molecular flexibility index (Phi) is 4.99. The number of hydrogen-bond acceptors (Lipinski definition) is 4. The first-order chi connectivity index (χ1) is 9.49. The van der Waals surface area contributed by atoms with E-state index < -0.39 is 12.1 Å². The van der Waals surface area contributed by atoms with Gasteiger partial charge in [0.05, 0.1) is 18.6 Å². The lowest BCUT2D eigenvalue weighted by Gasteiger charge is -2.30. The van der Waals surface area contributed by atoms with E-state index >= 15 is 0 Å². The van der Waals surface area contributed by atoms with Gasteiger partial charge in [0.15, 0.2) is 6.29 Å².